The van der Waals surface area contributed by atoms with Crippen LogP contribution in [0, 0.1) is 0 Å². The van der Waals surface area contributed by atoms with Crippen LogP contribution >= 0.6 is 11.6 Å². The molecule has 1 fully saturated rings. The molecule has 1 aliphatic rings. The first-order valence-electron chi connectivity index (χ1n) is 6.38. The topological polar surface area (TPSA) is 64.7 Å². The molecule has 0 radical (unpaired) electrons. The highest BCUT2D eigenvalue weighted by molar-refractivity contribution is 6.30. The van der Waals surface area contributed by atoms with Crippen LogP contribution in [-0.2, 0) is 0 Å². The van der Waals surface area contributed by atoms with E-state index < -0.39 is 0 Å². The molecule has 4 amide bonds. The van der Waals surface area contributed by atoms with Crippen LogP contribution < -0.4 is 10.6 Å². The van der Waals surface area contributed by atoms with E-state index in [4.69, 9.17) is 11.6 Å². The molecule has 2 rings (SSSR count). The summed E-state index contributed by atoms with van der Waals surface area (Å²) in [4.78, 5) is 26.9. The van der Waals surface area contributed by atoms with E-state index >= 15 is 0 Å². The Morgan fingerprint density at radius 1 is 1.10 bits per heavy atom. The van der Waals surface area contributed by atoms with Gasteiger partial charge in [-0.2, -0.15) is 0 Å². The summed E-state index contributed by atoms with van der Waals surface area (Å²) in [6.45, 7) is 2.09. The zero-order valence-electron chi connectivity index (χ0n) is 11.2. The van der Waals surface area contributed by atoms with Gasteiger partial charge in [0.05, 0.1) is 0 Å². The zero-order valence-corrected chi connectivity index (χ0v) is 12.0. The number of piperazine rings is 1. The van der Waals surface area contributed by atoms with Gasteiger partial charge in [0.25, 0.3) is 0 Å². The summed E-state index contributed by atoms with van der Waals surface area (Å²) in [6, 6.07) is 6.72. The Balaban J connectivity index is 1.87. The van der Waals surface area contributed by atoms with Gasteiger partial charge in [0, 0.05) is 43.9 Å². The third kappa shape index (κ3) is 3.54. The third-order valence-corrected chi connectivity index (χ3v) is 3.38. The first kappa shape index (κ1) is 14.5. The number of carbonyl (C=O) groups is 2. The lowest BCUT2D eigenvalue weighted by Crippen LogP contribution is -2.53. The molecule has 1 aliphatic heterocycles. The van der Waals surface area contributed by atoms with E-state index in [1.807, 2.05) is 0 Å². The minimum Gasteiger partial charge on any atom is -0.341 e. The van der Waals surface area contributed by atoms with Crippen LogP contribution in [0.5, 0.6) is 0 Å². The van der Waals surface area contributed by atoms with Crippen molar-refractivity contribution in [3.05, 3.63) is 29.3 Å². The fourth-order valence-electron chi connectivity index (χ4n) is 2.04. The summed E-state index contributed by atoms with van der Waals surface area (Å²) < 4.78 is 0. The lowest BCUT2D eigenvalue weighted by molar-refractivity contribution is 0.150. The maximum atomic E-state index is 12.1. The Labute approximate surface area is 122 Å². The molecular formula is C13H17ClN4O2. The van der Waals surface area contributed by atoms with Crippen LogP contribution in [-0.4, -0.2) is 55.1 Å². The Bertz CT molecular complexity index is 501. The van der Waals surface area contributed by atoms with Crippen molar-refractivity contribution in [2.75, 3.05) is 38.5 Å². The van der Waals surface area contributed by atoms with Crippen molar-refractivity contribution in [3.63, 3.8) is 0 Å². The summed E-state index contributed by atoms with van der Waals surface area (Å²) in [5.74, 6) is 0. The van der Waals surface area contributed by atoms with Crippen molar-refractivity contribution in [1.29, 1.82) is 0 Å². The lowest BCUT2D eigenvalue weighted by atomic mass is 10.3. The van der Waals surface area contributed by atoms with Gasteiger partial charge in [-0.3, -0.25) is 0 Å². The van der Waals surface area contributed by atoms with Gasteiger partial charge in [-0.15, -0.1) is 0 Å². The molecule has 2 N–H and O–H groups in total. The van der Waals surface area contributed by atoms with E-state index in [9.17, 15) is 9.59 Å². The minimum atomic E-state index is -0.177. The first-order valence-corrected chi connectivity index (χ1v) is 6.76. The highest BCUT2D eigenvalue weighted by Crippen LogP contribution is 2.15. The van der Waals surface area contributed by atoms with Gasteiger partial charge in [-0.1, -0.05) is 17.7 Å². The van der Waals surface area contributed by atoms with Gasteiger partial charge in [-0.05, 0) is 18.2 Å². The number of hydrogen-bond acceptors (Lipinski definition) is 2. The van der Waals surface area contributed by atoms with Crippen LogP contribution in [0.2, 0.25) is 5.02 Å². The molecule has 20 heavy (non-hydrogen) atoms. The molecule has 0 atom stereocenters. The number of carbonyl (C=O) groups excluding carboxylic acids is 2. The second-order valence-corrected chi connectivity index (χ2v) is 4.91. The van der Waals surface area contributed by atoms with Gasteiger partial charge < -0.3 is 20.4 Å². The van der Waals surface area contributed by atoms with Crippen LogP contribution in [0.1, 0.15) is 0 Å². The lowest BCUT2D eigenvalue weighted by Gasteiger charge is -2.34. The number of nitrogens with one attached hydrogen (secondary N) is 2. The average molecular weight is 297 g/mol. The van der Waals surface area contributed by atoms with Crippen molar-refractivity contribution in [2.45, 2.75) is 0 Å². The maximum absolute atomic E-state index is 12.1. The highest BCUT2D eigenvalue weighted by atomic mass is 35.5. The summed E-state index contributed by atoms with van der Waals surface area (Å²) in [5, 5.41) is 5.95. The molecule has 0 unspecified atom stereocenters. The van der Waals surface area contributed by atoms with E-state index in [2.05, 4.69) is 10.6 Å². The number of anilines is 1. The number of nitrogens with zero attached hydrogens (tertiary/aromatic N) is 2. The molecule has 1 heterocycles. The summed E-state index contributed by atoms with van der Waals surface area (Å²) in [6.07, 6.45) is 0. The first-order chi connectivity index (χ1) is 9.60. The van der Waals surface area contributed by atoms with Gasteiger partial charge in [0.2, 0.25) is 0 Å². The molecular weight excluding hydrogens is 280 g/mol. The molecule has 7 heteroatoms. The Kier molecular flexibility index (Phi) is 4.68. The molecule has 1 saturated heterocycles. The van der Waals surface area contributed by atoms with Gasteiger partial charge in [0.1, 0.15) is 0 Å². The number of benzene rings is 1. The third-order valence-electron chi connectivity index (χ3n) is 3.14. The molecule has 0 aromatic heterocycles. The highest BCUT2D eigenvalue weighted by Gasteiger charge is 2.23. The smallest absolute Gasteiger partial charge is 0.321 e. The van der Waals surface area contributed by atoms with Gasteiger partial charge in [-0.25, -0.2) is 9.59 Å². The van der Waals surface area contributed by atoms with Crippen molar-refractivity contribution < 1.29 is 9.59 Å². The van der Waals surface area contributed by atoms with E-state index in [1.165, 1.54) is 0 Å². The Hall–Kier alpha value is -1.95. The molecule has 1 aromatic rings. The summed E-state index contributed by atoms with van der Waals surface area (Å²) >= 11 is 5.87. The molecule has 108 valence electrons. The molecule has 1 aromatic carbocycles. The van der Waals surface area contributed by atoms with E-state index in [0.717, 1.165) is 0 Å². The monoisotopic (exact) mass is 296 g/mol. The van der Waals surface area contributed by atoms with Crippen molar-refractivity contribution >= 4 is 29.4 Å². The second kappa shape index (κ2) is 6.47. The second-order valence-electron chi connectivity index (χ2n) is 4.47. The number of rotatable bonds is 1. The van der Waals surface area contributed by atoms with E-state index in [0.29, 0.717) is 36.9 Å². The zero-order chi connectivity index (χ0) is 14.5. The summed E-state index contributed by atoms with van der Waals surface area (Å²) in [7, 11) is 1.60. The standard InChI is InChI=1S/C13H17ClN4O2/c1-15-12(19)17-5-7-18(8-6-17)13(20)16-11-4-2-3-10(14)9-11/h2-4,9H,5-8H2,1H3,(H,15,19)(H,16,20). The number of amides is 4. The molecule has 0 saturated carbocycles. The fourth-order valence-corrected chi connectivity index (χ4v) is 2.23. The Morgan fingerprint density at radius 2 is 1.70 bits per heavy atom. The van der Waals surface area contributed by atoms with Crippen molar-refractivity contribution in [1.82, 2.24) is 15.1 Å². The van der Waals surface area contributed by atoms with Crippen LogP contribution in [0.3, 0.4) is 0 Å². The predicted molar refractivity (Wildman–Crippen MR) is 78.1 cm³/mol. The summed E-state index contributed by atoms with van der Waals surface area (Å²) in [5.41, 5.74) is 0.663. The van der Waals surface area contributed by atoms with Crippen molar-refractivity contribution in [2.24, 2.45) is 0 Å². The number of halogens is 1. The van der Waals surface area contributed by atoms with Gasteiger partial charge >= 0.3 is 12.1 Å². The molecule has 0 aliphatic carbocycles. The predicted octanol–water partition coefficient (Wildman–Crippen LogP) is 1.83. The minimum absolute atomic E-state index is 0.111. The van der Waals surface area contributed by atoms with E-state index in [1.54, 1.807) is 41.1 Å². The van der Waals surface area contributed by atoms with Gasteiger partial charge in [0.15, 0.2) is 0 Å². The molecule has 0 spiro atoms. The number of urea groups is 2. The average Bonchev–Trinajstić information content (AvgIpc) is 2.46. The SMILES string of the molecule is CNC(=O)N1CCN(C(=O)Nc2cccc(Cl)c2)CC1. The maximum Gasteiger partial charge on any atom is 0.321 e. The Morgan fingerprint density at radius 3 is 2.25 bits per heavy atom. The normalized spacial score (nSPS) is 14.9. The van der Waals surface area contributed by atoms with Crippen LogP contribution in [0.15, 0.2) is 24.3 Å². The van der Waals surface area contributed by atoms with Crippen LogP contribution in [0.4, 0.5) is 15.3 Å². The number of hydrogen-bond donors (Lipinski definition) is 2. The van der Waals surface area contributed by atoms with Crippen molar-refractivity contribution in [3.8, 4) is 0 Å². The van der Waals surface area contributed by atoms with E-state index in [-0.39, 0.29) is 12.1 Å². The fraction of sp³-hybridized carbons (Fsp3) is 0.385. The molecule has 6 nitrogen and oxygen atoms in total. The quantitative estimate of drug-likeness (QED) is 0.830. The molecule has 0 bridgehead atoms. The van der Waals surface area contributed by atoms with Crippen LogP contribution in [0.25, 0.3) is 0 Å². The largest absolute Gasteiger partial charge is 0.341 e.